The maximum Gasteiger partial charge on any atom is 0.119 e. The zero-order chi connectivity index (χ0) is 50.9. The summed E-state index contributed by atoms with van der Waals surface area (Å²) in [6.07, 6.45) is 35.8. The highest BCUT2D eigenvalue weighted by molar-refractivity contribution is 6.32. The highest BCUT2D eigenvalue weighted by Gasteiger charge is 2.33. The molecule has 0 fully saturated rings. The molecule has 0 saturated heterocycles. The van der Waals surface area contributed by atoms with Crippen molar-refractivity contribution < 1.29 is 19.7 Å². The van der Waals surface area contributed by atoms with Gasteiger partial charge in [-0.1, -0.05) is 171 Å². The molecule has 5 aromatic rings. The zero-order valence-electron chi connectivity index (χ0n) is 43.8. The second-order valence-electron chi connectivity index (χ2n) is 20.3. The Bertz CT molecular complexity index is 2890. The Morgan fingerprint density at radius 2 is 0.892 bits per heavy atom. The fourth-order valence-corrected chi connectivity index (χ4v) is 10.7. The number of aromatic nitrogens is 1. The molecule has 4 aliphatic heterocycles. The molecular formula is C66H76N4O4. The van der Waals surface area contributed by atoms with Crippen molar-refractivity contribution in [3.63, 3.8) is 0 Å². The summed E-state index contributed by atoms with van der Waals surface area (Å²) >= 11 is 0. The van der Waals surface area contributed by atoms with Crippen molar-refractivity contribution in [1.82, 2.24) is 10.3 Å². The van der Waals surface area contributed by atoms with Gasteiger partial charge in [0.05, 0.1) is 48.0 Å². The molecule has 0 aliphatic carbocycles. The normalized spacial score (nSPS) is 19.8. The topological polar surface area (TPSA) is 111 Å². The molecule has 8 heteroatoms. The zero-order valence-corrected chi connectivity index (χ0v) is 43.8. The van der Waals surface area contributed by atoms with Crippen molar-refractivity contribution in [3.8, 4) is 23.0 Å². The van der Waals surface area contributed by atoms with Crippen LogP contribution in [-0.2, 0) is 0 Å². The number of allylic oxidation sites excluding steroid dienone is 6. The molecule has 0 spiro atoms. The van der Waals surface area contributed by atoms with E-state index in [0.717, 1.165) is 103 Å². The number of nitrogens with zero attached hydrogens (tertiary/aromatic N) is 2. The van der Waals surface area contributed by atoms with Gasteiger partial charge in [0, 0.05) is 33.8 Å². The van der Waals surface area contributed by atoms with Crippen LogP contribution in [0.5, 0.6) is 23.0 Å². The first kappa shape index (κ1) is 51.8. The van der Waals surface area contributed by atoms with Crippen LogP contribution in [0.2, 0.25) is 0 Å². The number of unbranched alkanes of at least 4 members (excludes halogenated alkanes) is 16. The minimum Gasteiger partial charge on any atom is -0.508 e. The third-order valence-electron chi connectivity index (χ3n) is 14.8. The smallest absolute Gasteiger partial charge is 0.119 e. The number of hydrogen-bond acceptors (Lipinski definition) is 7. The van der Waals surface area contributed by atoms with Crippen LogP contribution < -0.4 is 14.8 Å². The maximum atomic E-state index is 10.4. The van der Waals surface area contributed by atoms with Crippen LogP contribution in [0.1, 0.15) is 169 Å². The van der Waals surface area contributed by atoms with E-state index in [-0.39, 0.29) is 23.5 Å². The van der Waals surface area contributed by atoms with Gasteiger partial charge in [-0.15, -0.1) is 0 Å². The van der Waals surface area contributed by atoms with E-state index in [2.05, 4.69) is 121 Å². The van der Waals surface area contributed by atoms with Crippen LogP contribution in [0.3, 0.4) is 0 Å². The Morgan fingerprint density at radius 1 is 0.446 bits per heavy atom. The molecule has 1 aromatic heterocycles. The first-order valence-corrected chi connectivity index (χ1v) is 27.9. The molecule has 5 heterocycles. The van der Waals surface area contributed by atoms with Gasteiger partial charge in [-0.25, -0.2) is 4.99 Å². The second kappa shape index (κ2) is 26.2. The number of aliphatic imine (C=N–C) groups is 2. The lowest BCUT2D eigenvalue weighted by atomic mass is 9.87. The van der Waals surface area contributed by atoms with Crippen molar-refractivity contribution in [1.29, 1.82) is 0 Å². The number of H-pyrrole nitrogens is 1. The minimum atomic E-state index is -0.204. The van der Waals surface area contributed by atoms with Gasteiger partial charge in [0.1, 0.15) is 23.0 Å². The van der Waals surface area contributed by atoms with Gasteiger partial charge in [-0.05, 0) is 126 Å². The molecule has 4 N–H and O–H groups in total. The summed E-state index contributed by atoms with van der Waals surface area (Å²) in [7, 11) is 0. The quantitative estimate of drug-likeness (QED) is 0.0413. The standard InChI is InChI=1S/C66H76N4O4/c1-3-5-7-9-11-13-15-17-19-45-73-53-33-25-49(26-34-53)65-59-41-39-57(68-59)63(47-21-29-51(71)30-22-47)55-37-38-56(67-55)64(48-23-31-52(72)32-24-48)58-40-42-60(69-58)66(62-44-43-61(65)70-62)50-27-35-54(36-28-50)74-46-20-18-16-14-12-10-8-6-4-2/h21-44,55,63,67,70-72H,3-20,45-46H2,1-2H3/b64-56-,65-59-,66-60-. The predicted molar refractivity (Wildman–Crippen MR) is 306 cm³/mol. The highest BCUT2D eigenvalue weighted by atomic mass is 16.5. The highest BCUT2D eigenvalue weighted by Crippen LogP contribution is 2.40. The number of hydrogen-bond donors (Lipinski definition) is 4. The SMILES string of the molecule is CCCCCCCCCCCOc1ccc(/C2=C3\C=CC(=N3)/C(c3ccc(O)cc3)=C3/C=CC(N3)C(c3ccc(O)cc3)C3=N/C(=C(/c4ccc(OCCCCCCCCCCC)cc4)c4ccc2[nH]4)C=C3)cc1. The molecule has 9 rings (SSSR count). The molecule has 2 atom stereocenters. The predicted octanol–water partition coefficient (Wildman–Crippen LogP) is 16.5. The summed E-state index contributed by atoms with van der Waals surface area (Å²) in [5, 5.41) is 24.7. The lowest BCUT2D eigenvalue weighted by Crippen LogP contribution is -2.33. The minimum absolute atomic E-state index is 0.183. The summed E-state index contributed by atoms with van der Waals surface area (Å²) in [4.78, 5) is 14.8. The fraction of sp³-hybridized carbons (Fsp3) is 0.364. The Hall–Kier alpha value is -7.06. The van der Waals surface area contributed by atoms with Gasteiger partial charge in [0.25, 0.3) is 0 Å². The number of rotatable bonds is 26. The van der Waals surface area contributed by atoms with E-state index in [4.69, 9.17) is 19.5 Å². The first-order valence-electron chi connectivity index (χ1n) is 27.9. The van der Waals surface area contributed by atoms with E-state index < -0.39 is 0 Å². The lowest BCUT2D eigenvalue weighted by Gasteiger charge is -2.25. The summed E-state index contributed by atoms with van der Waals surface area (Å²) in [6.45, 7) is 5.95. The number of nitrogens with one attached hydrogen (secondary N) is 2. The summed E-state index contributed by atoms with van der Waals surface area (Å²) in [5.41, 5.74) is 13.0. The molecule has 4 aromatic carbocycles. The molecule has 8 nitrogen and oxygen atoms in total. The third kappa shape index (κ3) is 13.4. The maximum absolute atomic E-state index is 10.4. The number of fused-ring (bicyclic) bond motifs is 6. The molecule has 74 heavy (non-hydrogen) atoms. The molecule has 0 radical (unpaired) electrons. The molecule has 0 amide bonds. The van der Waals surface area contributed by atoms with E-state index in [9.17, 15) is 10.2 Å². The Morgan fingerprint density at radius 3 is 1.42 bits per heavy atom. The number of phenols is 2. The van der Waals surface area contributed by atoms with Gasteiger partial charge in [0.15, 0.2) is 0 Å². The number of aromatic amines is 1. The Labute approximate surface area is 440 Å². The monoisotopic (exact) mass is 989 g/mol. The van der Waals surface area contributed by atoms with Gasteiger partial charge in [0.2, 0.25) is 0 Å². The second-order valence-corrected chi connectivity index (χ2v) is 20.3. The Balaban J connectivity index is 1.05. The van der Waals surface area contributed by atoms with E-state index in [1.807, 2.05) is 24.3 Å². The van der Waals surface area contributed by atoms with Crippen LogP contribution >= 0.6 is 0 Å². The first-order chi connectivity index (χ1) is 36.4. The summed E-state index contributed by atoms with van der Waals surface area (Å²) in [6, 6.07) is 35.8. The average Bonchev–Trinajstić information content (AvgIpc) is 4.29. The molecule has 384 valence electrons. The van der Waals surface area contributed by atoms with Crippen LogP contribution in [-0.4, -0.2) is 45.9 Å². The van der Waals surface area contributed by atoms with Crippen LogP contribution in [0, 0.1) is 0 Å². The van der Waals surface area contributed by atoms with Crippen molar-refractivity contribution in [2.75, 3.05) is 13.2 Å². The van der Waals surface area contributed by atoms with Gasteiger partial charge < -0.3 is 30.0 Å². The number of ether oxygens (including phenoxy) is 2. The molecular weight excluding hydrogens is 913 g/mol. The number of phenolic OH excluding ortho intramolecular Hbond substituents is 2. The van der Waals surface area contributed by atoms with Crippen LogP contribution in [0.4, 0.5) is 0 Å². The van der Waals surface area contributed by atoms with Gasteiger partial charge in [-0.3, -0.25) is 4.99 Å². The fourth-order valence-electron chi connectivity index (χ4n) is 10.7. The molecule has 4 aliphatic rings. The van der Waals surface area contributed by atoms with E-state index >= 15 is 0 Å². The van der Waals surface area contributed by atoms with E-state index in [1.165, 1.54) is 103 Å². The molecule has 8 bridgehead atoms. The average molecular weight is 989 g/mol. The van der Waals surface area contributed by atoms with Crippen molar-refractivity contribution in [2.45, 2.75) is 141 Å². The third-order valence-corrected chi connectivity index (χ3v) is 14.8. The van der Waals surface area contributed by atoms with Crippen LogP contribution in [0.25, 0.3) is 16.7 Å². The van der Waals surface area contributed by atoms with Gasteiger partial charge in [-0.2, -0.15) is 0 Å². The number of benzene rings is 4. The van der Waals surface area contributed by atoms with Crippen molar-refractivity contribution >= 4 is 28.1 Å². The van der Waals surface area contributed by atoms with Crippen molar-refractivity contribution in [2.24, 2.45) is 9.98 Å². The molecule has 0 saturated carbocycles. The number of aromatic hydroxyl groups is 2. The van der Waals surface area contributed by atoms with Crippen molar-refractivity contribution in [3.05, 3.63) is 196 Å². The summed E-state index contributed by atoms with van der Waals surface area (Å²) < 4.78 is 12.6. The largest absolute Gasteiger partial charge is 0.508 e. The van der Waals surface area contributed by atoms with Gasteiger partial charge >= 0.3 is 0 Å². The van der Waals surface area contributed by atoms with E-state index in [0.29, 0.717) is 13.2 Å². The lowest BCUT2D eigenvalue weighted by molar-refractivity contribution is 0.304. The molecule has 2 unspecified atom stereocenters. The van der Waals surface area contributed by atoms with E-state index in [1.54, 1.807) is 24.3 Å². The van der Waals surface area contributed by atoms with Crippen LogP contribution in [0.15, 0.2) is 173 Å². The Kier molecular flexibility index (Phi) is 18.4. The summed E-state index contributed by atoms with van der Waals surface area (Å²) in [5.74, 6) is 1.93.